The monoisotopic (exact) mass is 231 g/mol. The van der Waals surface area contributed by atoms with E-state index in [1.165, 1.54) is 16.5 Å². The molecule has 0 heterocycles. The van der Waals surface area contributed by atoms with Crippen LogP contribution in [-0.2, 0) is 0 Å². The maximum absolute atomic E-state index is 3.47. The first-order chi connectivity index (χ1) is 7.79. The Hall–Kier alpha value is -1.15. The summed E-state index contributed by atoms with van der Waals surface area (Å²) in [5, 5.41) is 6.70. The second-order valence-electron chi connectivity index (χ2n) is 3.99. The Morgan fingerprint density at radius 1 is 1.12 bits per heavy atom. The fourth-order valence-corrected chi connectivity index (χ4v) is 1.89. The molecule has 0 aliphatic heterocycles. The van der Waals surface area contributed by atoms with Gasteiger partial charge in [-0.3, -0.25) is 0 Å². The van der Waals surface area contributed by atoms with Crippen molar-refractivity contribution in [3.05, 3.63) is 42.5 Å². The molecule has 0 fully saturated rings. The van der Waals surface area contributed by atoms with Crippen LogP contribution in [0.3, 0.4) is 0 Å². The summed E-state index contributed by atoms with van der Waals surface area (Å²) >= 11 is 1.89. The van der Waals surface area contributed by atoms with Crippen molar-refractivity contribution in [1.82, 2.24) is 0 Å². The molecule has 0 radical (unpaired) electrons. The standard InChI is InChI=1S/C14H17NS/c1-11(16-2)10-15-14-8-7-12-5-3-4-6-13(12)9-14/h3-9,11,15H,10H2,1-2H3. The zero-order chi connectivity index (χ0) is 11.4. The van der Waals surface area contributed by atoms with Crippen molar-refractivity contribution in [2.24, 2.45) is 0 Å². The van der Waals surface area contributed by atoms with Gasteiger partial charge < -0.3 is 5.32 Å². The third kappa shape index (κ3) is 2.70. The van der Waals surface area contributed by atoms with Crippen molar-refractivity contribution in [3.63, 3.8) is 0 Å². The minimum Gasteiger partial charge on any atom is -0.384 e. The average Bonchev–Trinajstić information content (AvgIpc) is 2.35. The lowest BCUT2D eigenvalue weighted by molar-refractivity contribution is 1.00. The van der Waals surface area contributed by atoms with Crippen molar-refractivity contribution in [2.45, 2.75) is 12.2 Å². The molecule has 0 aliphatic carbocycles. The van der Waals surface area contributed by atoms with Crippen LogP contribution in [0.25, 0.3) is 10.8 Å². The van der Waals surface area contributed by atoms with Crippen LogP contribution < -0.4 is 5.32 Å². The molecule has 1 N–H and O–H groups in total. The van der Waals surface area contributed by atoms with E-state index in [2.05, 4.69) is 61.0 Å². The Morgan fingerprint density at radius 2 is 1.88 bits per heavy atom. The summed E-state index contributed by atoms with van der Waals surface area (Å²) in [5.41, 5.74) is 1.21. The number of nitrogens with one attached hydrogen (secondary N) is 1. The van der Waals surface area contributed by atoms with Gasteiger partial charge in [-0.15, -0.1) is 0 Å². The van der Waals surface area contributed by atoms with Crippen LogP contribution in [0.4, 0.5) is 5.69 Å². The molecular weight excluding hydrogens is 214 g/mol. The molecule has 16 heavy (non-hydrogen) atoms. The summed E-state index contributed by atoms with van der Waals surface area (Å²) in [6, 6.07) is 15.0. The SMILES string of the molecule is CSC(C)CNc1ccc2ccccc2c1. The highest BCUT2D eigenvalue weighted by Crippen LogP contribution is 2.19. The molecule has 2 rings (SSSR count). The molecular formula is C14H17NS. The van der Waals surface area contributed by atoms with Gasteiger partial charge in [-0.1, -0.05) is 37.3 Å². The van der Waals surface area contributed by atoms with Crippen LogP contribution in [0, 0.1) is 0 Å². The molecule has 0 amide bonds. The molecule has 2 aromatic rings. The quantitative estimate of drug-likeness (QED) is 0.853. The highest BCUT2D eigenvalue weighted by Gasteiger charge is 1.99. The molecule has 2 aromatic carbocycles. The maximum atomic E-state index is 3.47. The first kappa shape index (κ1) is 11.3. The van der Waals surface area contributed by atoms with Gasteiger partial charge in [0.25, 0.3) is 0 Å². The van der Waals surface area contributed by atoms with Crippen molar-refractivity contribution in [2.75, 3.05) is 18.1 Å². The second kappa shape index (κ2) is 5.26. The summed E-state index contributed by atoms with van der Waals surface area (Å²) in [6.45, 7) is 3.25. The number of rotatable bonds is 4. The van der Waals surface area contributed by atoms with Gasteiger partial charge in [0.05, 0.1) is 0 Å². The summed E-state index contributed by atoms with van der Waals surface area (Å²) in [4.78, 5) is 0. The van der Waals surface area contributed by atoms with E-state index in [1.54, 1.807) is 0 Å². The van der Waals surface area contributed by atoms with Crippen LogP contribution in [0.1, 0.15) is 6.92 Å². The number of fused-ring (bicyclic) bond motifs is 1. The van der Waals surface area contributed by atoms with Gasteiger partial charge in [-0.25, -0.2) is 0 Å². The Morgan fingerprint density at radius 3 is 2.62 bits per heavy atom. The third-order valence-electron chi connectivity index (χ3n) is 2.75. The Balaban J connectivity index is 2.13. The fourth-order valence-electron chi connectivity index (χ4n) is 1.64. The minimum atomic E-state index is 0.645. The summed E-state index contributed by atoms with van der Waals surface area (Å²) in [5.74, 6) is 0. The fraction of sp³-hybridized carbons (Fsp3) is 0.286. The van der Waals surface area contributed by atoms with E-state index in [4.69, 9.17) is 0 Å². The average molecular weight is 231 g/mol. The molecule has 0 bridgehead atoms. The lowest BCUT2D eigenvalue weighted by atomic mass is 10.1. The molecule has 1 nitrogen and oxygen atoms in total. The van der Waals surface area contributed by atoms with Gasteiger partial charge in [-0.05, 0) is 29.2 Å². The van der Waals surface area contributed by atoms with Crippen molar-refractivity contribution < 1.29 is 0 Å². The molecule has 0 aromatic heterocycles. The smallest absolute Gasteiger partial charge is 0.0346 e. The number of thioether (sulfide) groups is 1. The van der Waals surface area contributed by atoms with E-state index >= 15 is 0 Å². The Labute approximate surface area is 101 Å². The van der Waals surface area contributed by atoms with Crippen LogP contribution in [0.2, 0.25) is 0 Å². The van der Waals surface area contributed by atoms with Gasteiger partial charge in [0.15, 0.2) is 0 Å². The summed E-state index contributed by atoms with van der Waals surface area (Å²) in [6.07, 6.45) is 2.15. The second-order valence-corrected chi connectivity index (χ2v) is 5.27. The minimum absolute atomic E-state index is 0.645. The van der Waals surface area contributed by atoms with E-state index in [-0.39, 0.29) is 0 Å². The number of benzene rings is 2. The van der Waals surface area contributed by atoms with E-state index in [0.29, 0.717) is 5.25 Å². The van der Waals surface area contributed by atoms with E-state index in [0.717, 1.165) is 6.54 Å². The normalized spacial score (nSPS) is 12.6. The van der Waals surface area contributed by atoms with Crippen LogP contribution in [0.15, 0.2) is 42.5 Å². The van der Waals surface area contributed by atoms with Crippen LogP contribution in [0.5, 0.6) is 0 Å². The topological polar surface area (TPSA) is 12.0 Å². The molecule has 0 saturated carbocycles. The summed E-state index contributed by atoms with van der Waals surface area (Å²) < 4.78 is 0. The molecule has 0 aliphatic rings. The van der Waals surface area contributed by atoms with Crippen LogP contribution >= 0.6 is 11.8 Å². The van der Waals surface area contributed by atoms with E-state index < -0.39 is 0 Å². The van der Waals surface area contributed by atoms with Gasteiger partial charge in [-0.2, -0.15) is 11.8 Å². The maximum Gasteiger partial charge on any atom is 0.0346 e. The number of hydrogen-bond donors (Lipinski definition) is 1. The van der Waals surface area contributed by atoms with Gasteiger partial charge in [0, 0.05) is 17.5 Å². The Bertz CT molecular complexity index is 467. The van der Waals surface area contributed by atoms with Gasteiger partial charge in [0.2, 0.25) is 0 Å². The predicted octanol–water partition coefficient (Wildman–Crippen LogP) is 4.00. The largest absolute Gasteiger partial charge is 0.384 e. The van der Waals surface area contributed by atoms with Crippen LogP contribution in [-0.4, -0.2) is 18.1 Å². The first-order valence-electron chi connectivity index (χ1n) is 5.55. The molecule has 1 atom stereocenters. The lowest BCUT2D eigenvalue weighted by Crippen LogP contribution is -2.12. The van der Waals surface area contributed by atoms with Gasteiger partial charge >= 0.3 is 0 Å². The zero-order valence-electron chi connectivity index (χ0n) is 9.73. The highest BCUT2D eigenvalue weighted by molar-refractivity contribution is 7.99. The van der Waals surface area contributed by atoms with Crippen molar-refractivity contribution in [1.29, 1.82) is 0 Å². The number of hydrogen-bond acceptors (Lipinski definition) is 2. The summed E-state index contributed by atoms with van der Waals surface area (Å²) in [7, 11) is 0. The third-order valence-corrected chi connectivity index (χ3v) is 3.72. The van der Waals surface area contributed by atoms with Crippen molar-refractivity contribution in [3.8, 4) is 0 Å². The molecule has 1 unspecified atom stereocenters. The molecule has 0 spiro atoms. The van der Waals surface area contributed by atoms with Gasteiger partial charge in [0.1, 0.15) is 0 Å². The predicted molar refractivity (Wildman–Crippen MR) is 75.4 cm³/mol. The van der Waals surface area contributed by atoms with Crippen molar-refractivity contribution >= 4 is 28.2 Å². The lowest BCUT2D eigenvalue weighted by Gasteiger charge is -2.11. The molecule has 0 saturated heterocycles. The Kier molecular flexibility index (Phi) is 3.73. The molecule has 84 valence electrons. The highest BCUT2D eigenvalue weighted by atomic mass is 32.2. The molecule has 2 heteroatoms. The van der Waals surface area contributed by atoms with E-state index in [9.17, 15) is 0 Å². The number of anilines is 1. The zero-order valence-corrected chi connectivity index (χ0v) is 10.6. The first-order valence-corrected chi connectivity index (χ1v) is 6.84. The van der Waals surface area contributed by atoms with E-state index in [1.807, 2.05) is 11.8 Å².